The van der Waals surface area contributed by atoms with Crippen LogP contribution in [0.1, 0.15) is 40.5 Å². The Bertz CT molecular complexity index is 307. The van der Waals surface area contributed by atoms with Gasteiger partial charge in [0.15, 0.2) is 6.73 Å². The van der Waals surface area contributed by atoms with Gasteiger partial charge in [0.2, 0.25) is 0 Å². The average Bonchev–Trinajstić information content (AvgIpc) is 2.78. The van der Waals surface area contributed by atoms with Gasteiger partial charge in [-0.05, 0) is 27.7 Å². The Morgan fingerprint density at radius 1 is 1.28 bits per heavy atom. The molecule has 102 valence electrons. The summed E-state index contributed by atoms with van der Waals surface area (Å²) in [6.45, 7) is 12.4. The van der Waals surface area contributed by atoms with Crippen LogP contribution in [0.2, 0.25) is 0 Å². The van der Waals surface area contributed by atoms with Crippen molar-refractivity contribution in [3.63, 3.8) is 0 Å². The molecule has 5 nitrogen and oxygen atoms in total. The summed E-state index contributed by atoms with van der Waals surface area (Å²) in [5.41, 5.74) is 0. The van der Waals surface area contributed by atoms with Crippen LogP contribution in [0, 0.1) is 11.5 Å². The van der Waals surface area contributed by atoms with Gasteiger partial charge in [0.05, 0.1) is 31.4 Å². The molecule has 0 saturated carbocycles. The van der Waals surface area contributed by atoms with Crippen molar-refractivity contribution < 1.29 is 9.22 Å². The molecule has 1 saturated heterocycles. The molecule has 0 atom stereocenters. The highest BCUT2D eigenvalue weighted by Crippen LogP contribution is 2.23. The maximum Gasteiger partial charge on any atom is 0.183 e. The van der Waals surface area contributed by atoms with Crippen molar-refractivity contribution in [3.05, 3.63) is 5.41 Å². The predicted molar refractivity (Wildman–Crippen MR) is 71.9 cm³/mol. The first-order chi connectivity index (χ1) is 8.48. The minimum absolute atomic E-state index is 0.370. The van der Waals surface area contributed by atoms with Crippen molar-refractivity contribution in [1.82, 2.24) is 0 Å². The number of nitriles is 1. The molecule has 5 heteroatoms. The first-order valence-corrected chi connectivity index (χ1v) is 6.44. The van der Waals surface area contributed by atoms with Crippen LogP contribution in [0.15, 0.2) is 4.99 Å². The Balaban J connectivity index is 0.000000494. The zero-order valence-electron chi connectivity index (χ0n) is 11.9. The second kappa shape index (κ2) is 8.82. The zero-order chi connectivity index (χ0) is 14.0. The van der Waals surface area contributed by atoms with E-state index in [1.807, 2.05) is 0 Å². The lowest BCUT2D eigenvalue weighted by molar-refractivity contribution is -0.954. The largest absolute Gasteiger partial charge is 0.422 e. The fourth-order valence-corrected chi connectivity index (χ4v) is 2.08. The van der Waals surface area contributed by atoms with Crippen LogP contribution >= 0.6 is 0 Å². The van der Waals surface area contributed by atoms with E-state index in [1.165, 1.54) is 42.6 Å². The molecule has 0 radical (unpaired) electrons. The molecule has 0 N–H and O–H groups in total. The highest BCUT2D eigenvalue weighted by atomic mass is 16.5. The quantitative estimate of drug-likeness (QED) is 0.438. The molecule has 0 aromatic carbocycles. The molecule has 1 rings (SSSR count). The molecule has 1 heterocycles. The third-order valence-electron chi connectivity index (χ3n) is 3.32. The van der Waals surface area contributed by atoms with Crippen molar-refractivity contribution >= 4 is 6.01 Å². The molecule has 1 aliphatic heterocycles. The molecule has 0 amide bonds. The van der Waals surface area contributed by atoms with Gasteiger partial charge in [-0.15, -0.1) is 6.01 Å². The van der Waals surface area contributed by atoms with E-state index < -0.39 is 0 Å². The monoisotopic (exact) mass is 252 g/mol. The molecule has 0 spiro atoms. The van der Waals surface area contributed by atoms with Crippen LogP contribution in [0.5, 0.6) is 0 Å². The summed E-state index contributed by atoms with van der Waals surface area (Å²) in [5.74, 6) is 0. The number of hydrogen-bond donors (Lipinski definition) is 0. The van der Waals surface area contributed by atoms with E-state index in [-0.39, 0.29) is 0 Å². The van der Waals surface area contributed by atoms with Gasteiger partial charge in [0, 0.05) is 12.8 Å². The van der Waals surface area contributed by atoms with E-state index in [1.54, 1.807) is 0 Å². The van der Waals surface area contributed by atoms with E-state index in [4.69, 9.17) is 15.4 Å². The number of quaternary nitrogens is 1. The fraction of sp³-hybridized carbons (Fsp3) is 0.846. The average molecular weight is 252 g/mol. The number of aliphatic imine (C=N–C) groups is 1. The van der Waals surface area contributed by atoms with Crippen LogP contribution < -0.4 is 0 Å². The number of likely N-dealkylation sites (tertiary alicyclic amines) is 1. The number of ether oxygens (including phenoxy) is 1. The SMILES string of the molecule is CC(C)OC[N+]1(C(C)C)CCCC1.N#CN=C=[N-]. The summed E-state index contributed by atoms with van der Waals surface area (Å²) in [4.78, 5) is 2.58. The highest BCUT2D eigenvalue weighted by Gasteiger charge is 2.35. The van der Waals surface area contributed by atoms with E-state index >= 15 is 0 Å². The third kappa shape index (κ3) is 5.92. The molecule has 0 bridgehead atoms. The van der Waals surface area contributed by atoms with Crippen LogP contribution in [0.3, 0.4) is 0 Å². The van der Waals surface area contributed by atoms with E-state index in [2.05, 4.69) is 32.7 Å². The second-order valence-electron chi connectivity index (χ2n) is 5.12. The maximum absolute atomic E-state index is 7.43. The third-order valence-corrected chi connectivity index (χ3v) is 3.32. The maximum atomic E-state index is 7.43. The minimum Gasteiger partial charge on any atom is -0.422 e. The topological polar surface area (TPSA) is 67.7 Å². The zero-order valence-corrected chi connectivity index (χ0v) is 11.9. The molecular formula is C13H24N4O. The van der Waals surface area contributed by atoms with Gasteiger partial charge in [-0.3, -0.25) is 4.48 Å². The molecule has 0 aromatic rings. The fourth-order valence-electron chi connectivity index (χ4n) is 2.08. The van der Waals surface area contributed by atoms with Gasteiger partial charge in [0.1, 0.15) is 0 Å². The number of nitrogens with zero attached hydrogens (tertiary/aromatic N) is 4. The normalized spacial score (nSPS) is 16.7. The smallest absolute Gasteiger partial charge is 0.183 e. The lowest BCUT2D eigenvalue weighted by Gasteiger charge is -2.38. The van der Waals surface area contributed by atoms with Crippen molar-refractivity contribution in [2.45, 2.75) is 52.7 Å². The van der Waals surface area contributed by atoms with Gasteiger partial charge >= 0.3 is 0 Å². The standard InChI is InChI=1S/C11H24NO.C2N3/c1-10(2)12(7-5-6-8-12)9-13-11(3)4;3-1-5-2-4/h10-11H,5-9H2,1-4H3;/q+1;-1. The second-order valence-corrected chi connectivity index (χ2v) is 5.12. The Hall–Kier alpha value is -1.21. The summed E-state index contributed by atoms with van der Waals surface area (Å²) in [6.07, 6.45) is 4.40. The van der Waals surface area contributed by atoms with Crippen molar-refractivity contribution in [3.8, 4) is 6.19 Å². The van der Waals surface area contributed by atoms with Crippen LogP contribution in [-0.2, 0) is 4.74 Å². The van der Waals surface area contributed by atoms with Gasteiger partial charge < -0.3 is 15.1 Å². The Labute approximate surface area is 110 Å². The van der Waals surface area contributed by atoms with Crippen molar-refractivity contribution in [2.75, 3.05) is 19.8 Å². The number of hydrogen-bond acceptors (Lipinski definition) is 3. The molecule has 1 aliphatic rings. The van der Waals surface area contributed by atoms with Crippen LogP contribution in [0.25, 0.3) is 5.41 Å². The Morgan fingerprint density at radius 2 is 1.83 bits per heavy atom. The molecule has 18 heavy (non-hydrogen) atoms. The number of rotatable bonds is 4. The van der Waals surface area contributed by atoms with Gasteiger partial charge in [-0.2, -0.15) is 5.26 Å². The summed E-state index contributed by atoms with van der Waals surface area (Å²) in [6, 6.07) is 1.99. The first kappa shape index (κ1) is 16.8. The molecule has 0 aliphatic carbocycles. The lowest BCUT2D eigenvalue weighted by atomic mass is 10.3. The first-order valence-electron chi connectivity index (χ1n) is 6.44. The Morgan fingerprint density at radius 3 is 2.11 bits per heavy atom. The highest BCUT2D eigenvalue weighted by molar-refractivity contribution is 5.46. The summed E-state index contributed by atoms with van der Waals surface area (Å²) in [7, 11) is 0. The lowest BCUT2D eigenvalue weighted by Crippen LogP contribution is -2.52. The van der Waals surface area contributed by atoms with E-state index in [9.17, 15) is 0 Å². The molecule has 0 unspecified atom stereocenters. The van der Waals surface area contributed by atoms with E-state index in [0.29, 0.717) is 12.1 Å². The van der Waals surface area contributed by atoms with E-state index in [0.717, 1.165) is 6.73 Å². The van der Waals surface area contributed by atoms with Gasteiger partial charge in [-0.1, -0.05) is 0 Å². The van der Waals surface area contributed by atoms with Gasteiger partial charge in [-0.25, -0.2) is 0 Å². The Kier molecular flexibility index (Phi) is 8.23. The molecular weight excluding hydrogens is 228 g/mol. The summed E-state index contributed by atoms with van der Waals surface area (Å²) < 4.78 is 6.94. The predicted octanol–water partition coefficient (Wildman–Crippen LogP) is 2.60. The molecule has 0 aromatic heterocycles. The van der Waals surface area contributed by atoms with Gasteiger partial charge in [0.25, 0.3) is 0 Å². The van der Waals surface area contributed by atoms with Crippen LogP contribution in [0.4, 0.5) is 0 Å². The molecule has 1 fully saturated rings. The summed E-state index contributed by atoms with van der Waals surface area (Å²) >= 11 is 0. The summed E-state index contributed by atoms with van der Waals surface area (Å²) in [5, 5.41) is 14.9. The van der Waals surface area contributed by atoms with Crippen molar-refractivity contribution in [1.29, 1.82) is 5.26 Å². The minimum atomic E-state index is 0.370. The van der Waals surface area contributed by atoms with Crippen molar-refractivity contribution in [2.24, 2.45) is 4.99 Å². The van der Waals surface area contributed by atoms with Crippen LogP contribution in [-0.4, -0.2) is 42.5 Å².